The van der Waals surface area contributed by atoms with E-state index in [1.807, 2.05) is 0 Å². The van der Waals surface area contributed by atoms with Crippen molar-refractivity contribution in [3.63, 3.8) is 0 Å². The van der Waals surface area contributed by atoms with Crippen LogP contribution < -0.4 is 19.5 Å². The second kappa shape index (κ2) is 10.6. The van der Waals surface area contributed by atoms with E-state index in [4.69, 9.17) is 37.4 Å². The fraction of sp³-hybridized carbons (Fsp3) is 0.250. The smallest absolute Gasteiger partial charge is 0.234 e. The summed E-state index contributed by atoms with van der Waals surface area (Å²) < 4.78 is 17.9. The van der Waals surface area contributed by atoms with Gasteiger partial charge in [-0.25, -0.2) is 0 Å². The zero-order chi connectivity index (χ0) is 22.4. The lowest BCUT2D eigenvalue weighted by Gasteiger charge is -2.11. The minimum absolute atomic E-state index is 0.144. The number of halogens is 2. The molecule has 164 valence electrons. The van der Waals surface area contributed by atoms with E-state index >= 15 is 0 Å². The van der Waals surface area contributed by atoms with Crippen molar-refractivity contribution in [1.82, 2.24) is 14.8 Å². The molecule has 0 saturated heterocycles. The zero-order valence-electron chi connectivity index (χ0n) is 17.0. The predicted molar refractivity (Wildman–Crippen MR) is 121 cm³/mol. The first kappa shape index (κ1) is 23.1. The molecule has 1 heterocycles. The van der Waals surface area contributed by atoms with E-state index in [0.717, 1.165) is 0 Å². The van der Waals surface area contributed by atoms with Gasteiger partial charge in [-0.3, -0.25) is 4.79 Å². The van der Waals surface area contributed by atoms with Crippen LogP contribution in [0.1, 0.15) is 5.82 Å². The summed E-state index contributed by atoms with van der Waals surface area (Å²) in [5.74, 6) is 2.17. The van der Waals surface area contributed by atoms with Crippen LogP contribution in [0.2, 0.25) is 10.0 Å². The lowest BCUT2D eigenvalue weighted by atomic mass is 10.2. The third-order valence-electron chi connectivity index (χ3n) is 4.19. The van der Waals surface area contributed by atoms with E-state index in [9.17, 15) is 4.79 Å². The van der Waals surface area contributed by atoms with Crippen LogP contribution in [0.5, 0.6) is 17.2 Å². The number of nitrogens with zero attached hydrogens (tertiary/aromatic N) is 3. The van der Waals surface area contributed by atoms with Crippen molar-refractivity contribution in [2.75, 3.05) is 25.3 Å². The molecule has 1 N–H and O–H groups in total. The van der Waals surface area contributed by atoms with Crippen molar-refractivity contribution in [3.8, 4) is 17.2 Å². The molecule has 31 heavy (non-hydrogen) atoms. The van der Waals surface area contributed by atoms with Crippen molar-refractivity contribution in [2.45, 2.75) is 11.8 Å². The number of ether oxygens (including phenoxy) is 3. The number of amides is 1. The molecular formula is C20H20Cl2N4O4S. The number of benzene rings is 2. The molecule has 0 aliphatic heterocycles. The topological polar surface area (TPSA) is 87.5 Å². The van der Waals surface area contributed by atoms with E-state index in [2.05, 4.69) is 15.5 Å². The van der Waals surface area contributed by atoms with Gasteiger partial charge in [-0.15, -0.1) is 10.2 Å². The fourth-order valence-electron chi connectivity index (χ4n) is 2.55. The molecule has 0 spiro atoms. The van der Waals surface area contributed by atoms with Gasteiger partial charge in [-0.1, -0.05) is 35.0 Å². The first-order valence-electron chi connectivity index (χ1n) is 9.02. The highest BCUT2D eigenvalue weighted by atomic mass is 35.5. The maximum atomic E-state index is 12.4. The highest BCUT2D eigenvalue weighted by Crippen LogP contribution is 2.30. The lowest BCUT2D eigenvalue weighted by Crippen LogP contribution is -2.15. The molecule has 0 unspecified atom stereocenters. The molecule has 8 nitrogen and oxygen atoms in total. The number of aromatic nitrogens is 3. The number of methoxy groups -OCH3 is 2. The predicted octanol–water partition coefficient (Wildman–Crippen LogP) is 4.45. The summed E-state index contributed by atoms with van der Waals surface area (Å²) >= 11 is 13.3. The fourth-order valence-corrected chi connectivity index (χ4v) is 3.74. The minimum atomic E-state index is -0.206. The summed E-state index contributed by atoms with van der Waals surface area (Å²) in [6.07, 6.45) is 0. The van der Waals surface area contributed by atoms with Gasteiger partial charge in [-0.05, 0) is 30.3 Å². The average Bonchev–Trinajstić information content (AvgIpc) is 3.11. The van der Waals surface area contributed by atoms with Crippen LogP contribution in [-0.2, 0) is 18.4 Å². The number of hydrogen-bond acceptors (Lipinski definition) is 7. The summed E-state index contributed by atoms with van der Waals surface area (Å²) in [5.41, 5.74) is 0.556. The number of carbonyl (C=O) groups is 1. The molecule has 11 heteroatoms. The molecule has 3 aromatic rings. The largest absolute Gasteiger partial charge is 0.497 e. The molecule has 1 amide bonds. The van der Waals surface area contributed by atoms with E-state index in [1.165, 1.54) is 18.9 Å². The van der Waals surface area contributed by atoms with Gasteiger partial charge < -0.3 is 24.1 Å². The van der Waals surface area contributed by atoms with Crippen LogP contribution in [0.3, 0.4) is 0 Å². The first-order valence-corrected chi connectivity index (χ1v) is 10.8. The Bertz CT molecular complexity index is 1080. The van der Waals surface area contributed by atoms with Crippen LogP contribution >= 0.6 is 35.0 Å². The van der Waals surface area contributed by atoms with E-state index in [-0.39, 0.29) is 18.3 Å². The highest BCUT2D eigenvalue weighted by Gasteiger charge is 2.14. The normalized spacial score (nSPS) is 10.6. The van der Waals surface area contributed by atoms with Crippen molar-refractivity contribution in [1.29, 1.82) is 0 Å². The standard InChI is InChI=1S/C20H20Cl2N4O4S/c1-26-18(10-30-16-7-4-12(21)8-14(16)22)24-25-20(26)31-11-19(27)23-15-6-5-13(28-2)9-17(15)29-3/h4-9H,10-11H2,1-3H3,(H,23,27). The Hall–Kier alpha value is -2.62. The number of anilines is 1. The van der Waals surface area contributed by atoms with Gasteiger partial charge in [0.2, 0.25) is 5.91 Å². The number of rotatable bonds is 9. The van der Waals surface area contributed by atoms with Gasteiger partial charge in [-0.2, -0.15) is 0 Å². The third-order valence-corrected chi connectivity index (χ3v) is 5.74. The monoisotopic (exact) mass is 482 g/mol. The maximum absolute atomic E-state index is 12.4. The zero-order valence-corrected chi connectivity index (χ0v) is 19.3. The van der Waals surface area contributed by atoms with Crippen LogP contribution in [0.25, 0.3) is 0 Å². The van der Waals surface area contributed by atoms with E-state index in [1.54, 1.807) is 55.1 Å². The third kappa shape index (κ3) is 5.96. The summed E-state index contributed by atoms with van der Waals surface area (Å²) in [6, 6.07) is 10.1. The van der Waals surface area contributed by atoms with Gasteiger partial charge in [0.25, 0.3) is 0 Å². The molecule has 1 aromatic heterocycles. The van der Waals surface area contributed by atoms with Crippen molar-refractivity contribution >= 4 is 46.6 Å². The number of hydrogen-bond donors (Lipinski definition) is 1. The van der Waals surface area contributed by atoms with Crippen LogP contribution in [0.15, 0.2) is 41.6 Å². The Morgan fingerprint density at radius 2 is 1.90 bits per heavy atom. The SMILES string of the molecule is COc1ccc(NC(=O)CSc2nnc(COc3ccc(Cl)cc3Cl)n2C)c(OC)c1. The molecule has 0 bridgehead atoms. The Kier molecular flexibility index (Phi) is 7.89. The molecule has 0 radical (unpaired) electrons. The molecule has 0 atom stereocenters. The number of nitrogens with one attached hydrogen (secondary N) is 1. The maximum Gasteiger partial charge on any atom is 0.234 e. The average molecular weight is 483 g/mol. The molecular weight excluding hydrogens is 463 g/mol. The lowest BCUT2D eigenvalue weighted by molar-refractivity contribution is -0.113. The van der Waals surface area contributed by atoms with Crippen LogP contribution in [-0.4, -0.2) is 40.6 Å². The van der Waals surface area contributed by atoms with Crippen molar-refractivity contribution in [2.24, 2.45) is 7.05 Å². The summed E-state index contributed by atoms with van der Waals surface area (Å²) in [4.78, 5) is 12.4. The molecule has 0 saturated carbocycles. The van der Waals surface area contributed by atoms with E-state index in [0.29, 0.717) is 44.0 Å². The highest BCUT2D eigenvalue weighted by molar-refractivity contribution is 7.99. The summed E-state index contributed by atoms with van der Waals surface area (Å²) in [5, 5.41) is 12.6. The number of thioether (sulfide) groups is 1. The molecule has 2 aromatic carbocycles. The Morgan fingerprint density at radius 1 is 1.10 bits per heavy atom. The quantitative estimate of drug-likeness (QED) is 0.450. The number of carbonyl (C=O) groups excluding carboxylic acids is 1. The minimum Gasteiger partial charge on any atom is -0.497 e. The van der Waals surface area contributed by atoms with Gasteiger partial charge in [0.1, 0.15) is 23.9 Å². The second-order valence-corrected chi connectivity index (χ2v) is 8.01. The summed E-state index contributed by atoms with van der Waals surface area (Å²) in [6.45, 7) is 0.167. The van der Waals surface area contributed by atoms with Gasteiger partial charge in [0.15, 0.2) is 11.0 Å². The summed E-state index contributed by atoms with van der Waals surface area (Å²) in [7, 11) is 4.89. The van der Waals surface area contributed by atoms with Crippen LogP contribution in [0.4, 0.5) is 5.69 Å². The van der Waals surface area contributed by atoms with E-state index < -0.39 is 0 Å². The van der Waals surface area contributed by atoms with Crippen LogP contribution in [0, 0.1) is 0 Å². The molecule has 0 aliphatic carbocycles. The van der Waals surface area contributed by atoms with Crippen molar-refractivity contribution in [3.05, 3.63) is 52.3 Å². The van der Waals surface area contributed by atoms with Gasteiger partial charge in [0, 0.05) is 18.1 Å². The van der Waals surface area contributed by atoms with Crippen molar-refractivity contribution < 1.29 is 19.0 Å². The molecule has 0 aliphatic rings. The van der Waals surface area contributed by atoms with Gasteiger partial charge in [0.05, 0.1) is 30.7 Å². The molecule has 3 rings (SSSR count). The second-order valence-electron chi connectivity index (χ2n) is 6.22. The Morgan fingerprint density at radius 3 is 2.61 bits per heavy atom. The van der Waals surface area contributed by atoms with Gasteiger partial charge >= 0.3 is 0 Å². The first-order chi connectivity index (χ1) is 14.9. The Balaban J connectivity index is 1.56. The Labute approximate surface area is 193 Å². The molecule has 0 fully saturated rings.